The number of hydrogen-bond acceptors (Lipinski definition) is 3. The molecule has 1 saturated heterocycles. The maximum atomic E-state index is 5.45. The molecular formula is C13H18Br2N2O. The van der Waals surface area contributed by atoms with Crippen molar-refractivity contribution < 1.29 is 4.74 Å². The summed E-state index contributed by atoms with van der Waals surface area (Å²) in [5, 5.41) is 3.59. The van der Waals surface area contributed by atoms with Crippen LogP contribution in [0.4, 0.5) is 0 Å². The SMILES string of the molecule is COc1c(Br)cc(Br)cc1CNC1CCN(C)C1. The maximum Gasteiger partial charge on any atom is 0.137 e. The van der Waals surface area contributed by atoms with Gasteiger partial charge in [-0.2, -0.15) is 0 Å². The highest BCUT2D eigenvalue weighted by Crippen LogP contribution is 2.32. The second-order valence-corrected chi connectivity index (χ2v) is 6.48. The Kier molecular flexibility index (Phi) is 5.06. The van der Waals surface area contributed by atoms with Crippen molar-refractivity contribution in [2.45, 2.75) is 19.0 Å². The molecule has 0 bridgehead atoms. The molecule has 1 N–H and O–H groups in total. The van der Waals surface area contributed by atoms with E-state index in [9.17, 15) is 0 Å². The van der Waals surface area contributed by atoms with Gasteiger partial charge in [-0.15, -0.1) is 0 Å². The van der Waals surface area contributed by atoms with E-state index in [1.165, 1.54) is 18.5 Å². The summed E-state index contributed by atoms with van der Waals surface area (Å²) in [5.74, 6) is 0.914. The Morgan fingerprint density at radius 2 is 2.22 bits per heavy atom. The van der Waals surface area contributed by atoms with E-state index < -0.39 is 0 Å². The first kappa shape index (κ1) is 14.3. The van der Waals surface area contributed by atoms with E-state index in [0.717, 1.165) is 27.8 Å². The van der Waals surface area contributed by atoms with E-state index in [0.29, 0.717) is 6.04 Å². The second kappa shape index (κ2) is 6.37. The molecule has 0 saturated carbocycles. The molecule has 0 aliphatic carbocycles. The molecule has 1 aromatic rings. The smallest absolute Gasteiger partial charge is 0.137 e. The molecule has 0 aromatic heterocycles. The van der Waals surface area contributed by atoms with Crippen LogP contribution in [0.5, 0.6) is 5.75 Å². The van der Waals surface area contributed by atoms with Gasteiger partial charge < -0.3 is 15.0 Å². The van der Waals surface area contributed by atoms with Gasteiger partial charge in [0.15, 0.2) is 0 Å². The number of nitrogens with one attached hydrogen (secondary N) is 1. The van der Waals surface area contributed by atoms with Crippen molar-refractivity contribution in [2.24, 2.45) is 0 Å². The van der Waals surface area contributed by atoms with Crippen LogP contribution in [-0.2, 0) is 6.54 Å². The van der Waals surface area contributed by atoms with Crippen molar-refractivity contribution in [1.82, 2.24) is 10.2 Å². The molecule has 1 heterocycles. The second-order valence-electron chi connectivity index (χ2n) is 4.71. The molecule has 1 unspecified atom stereocenters. The summed E-state index contributed by atoms with van der Waals surface area (Å²) >= 11 is 7.05. The molecule has 1 aliphatic heterocycles. The summed E-state index contributed by atoms with van der Waals surface area (Å²) in [4.78, 5) is 2.35. The van der Waals surface area contributed by atoms with Gasteiger partial charge in [-0.05, 0) is 48.1 Å². The molecule has 0 radical (unpaired) electrons. The van der Waals surface area contributed by atoms with E-state index in [4.69, 9.17) is 4.74 Å². The number of halogens is 2. The lowest BCUT2D eigenvalue weighted by Gasteiger charge is -2.16. The third-order valence-corrected chi connectivity index (χ3v) is 4.31. The normalized spacial score (nSPS) is 20.3. The Morgan fingerprint density at radius 3 is 2.83 bits per heavy atom. The first-order valence-corrected chi connectivity index (χ1v) is 7.62. The molecule has 100 valence electrons. The van der Waals surface area contributed by atoms with Crippen molar-refractivity contribution in [1.29, 1.82) is 0 Å². The Morgan fingerprint density at radius 1 is 1.44 bits per heavy atom. The van der Waals surface area contributed by atoms with Crippen LogP contribution in [0.1, 0.15) is 12.0 Å². The lowest BCUT2D eigenvalue weighted by Crippen LogP contribution is -2.31. The summed E-state index contributed by atoms with van der Waals surface area (Å²) in [5.41, 5.74) is 1.17. The van der Waals surface area contributed by atoms with Crippen LogP contribution in [-0.4, -0.2) is 38.2 Å². The molecule has 2 rings (SSSR count). The van der Waals surface area contributed by atoms with Crippen molar-refractivity contribution in [2.75, 3.05) is 27.2 Å². The highest BCUT2D eigenvalue weighted by molar-refractivity contribution is 9.11. The van der Waals surface area contributed by atoms with Gasteiger partial charge >= 0.3 is 0 Å². The van der Waals surface area contributed by atoms with Crippen LogP contribution in [0.15, 0.2) is 21.1 Å². The Labute approximate surface area is 125 Å². The maximum absolute atomic E-state index is 5.45. The highest BCUT2D eigenvalue weighted by Gasteiger charge is 2.19. The third-order valence-electron chi connectivity index (χ3n) is 3.26. The minimum Gasteiger partial charge on any atom is -0.495 e. The molecule has 18 heavy (non-hydrogen) atoms. The molecule has 1 aromatic carbocycles. The number of hydrogen-bond donors (Lipinski definition) is 1. The third kappa shape index (κ3) is 3.47. The number of likely N-dealkylation sites (N-methyl/N-ethyl adjacent to an activating group) is 1. The summed E-state index contributed by atoms with van der Waals surface area (Å²) < 4.78 is 7.50. The molecule has 3 nitrogen and oxygen atoms in total. The molecule has 0 amide bonds. The number of benzene rings is 1. The van der Waals surface area contributed by atoms with Crippen molar-refractivity contribution >= 4 is 31.9 Å². The summed E-state index contributed by atoms with van der Waals surface area (Å²) in [6.07, 6.45) is 1.22. The van der Waals surface area contributed by atoms with Gasteiger partial charge in [0.2, 0.25) is 0 Å². The van der Waals surface area contributed by atoms with Crippen molar-refractivity contribution in [3.05, 3.63) is 26.6 Å². The largest absolute Gasteiger partial charge is 0.495 e. The van der Waals surface area contributed by atoms with Gasteiger partial charge in [-0.1, -0.05) is 15.9 Å². The zero-order valence-electron chi connectivity index (χ0n) is 10.7. The molecule has 0 spiro atoms. The zero-order chi connectivity index (χ0) is 13.1. The zero-order valence-corrected chi connectivity index (χ0v) is 13.8. The highest BCUT2D eigenvalue weighted by atomic mass is 79.9. The van der Waals surface area contributed by atoms with E-state index >= 15 is 0 Å². The Balaban J connectivity index is 2.04. The molecule has 5 heteroatoms. The van der Waals surface area contributed by atoms with Crippen LogP contribution in [0.2, 0.25) is 0 Å². The average Bonchev–Trinajstić information content (AvgIpc) is 2.72. The number of rotatable bonds is 4. The topological polar surface area (TPSA) is 24.5 Å². The van der Waals surface area contributed by atoms with Crippen LogP contribution in [0, 0.1) is 0 Å². The van der Waals surface area contributed by atoms with Crippen LogP contribution >= 0.6 is 31.9 Å². The van der Waals surface area contributed by atoms with Crippen LogP contribution in [0.25, 0.3) is 0 Å². The first-order chi connectivity index (χ1) is 8.60. The van der Waals surface area contributed by atoms with Crippen molar-refractivity contribution in [3.63, 3.8) is 0 Å². The summed E-state index contributed by atoms with van der Waals surface area (Å²) in [6, 6.07) is 4.69. The Hall–Kier alpha value is -0.100. The predicted octanol–water partition coefficient (Wildman–Crippen LogP) is 3.01. The molecular weight excluding hydrogens is 360 g/mol. The van der Waals surface area contributed by atoms with Crippen LogP contribution < -0.4 is 10.1 Å². The molecule has 1 aliphatic rings. The van der Waals surface area contributed by atoms with E-state index in [1.54, 1.807) is 7.11 Å². The number of likely N-dealkylation sites (tertiary alicyclic amines) is 1. The first-order valence-electron chi connectivity index (χ1n) is 6.04. The number of methoxy groups -OCH3 is 1. The fourth-order valence-corrected chi connectivity index (χ4v) is 3.81. The minimum atomic E-state index is 0.581. The fourth-order valence-electron chi connectivity index (χ4n) is 2.33. The van der Waals surface area contributed by atoms with Crippen LogP contribution in [0.3, 0.4) is 0 Å². The van der Waals surface area contributed by atoms with Crippen molar-refractivity contribution in [3.8, 4) is 5.75 Å². The summed E-state index contributed by atoms with van der Waals surface area (Å²) in [6.45, 7) is 3.13. The van der Waals surface area contributed by atoms with E-state index in [1.807, 2.05) is 6.07 Å². The monoisotopic (exact) mass is 376 g/mol. The molecule has 1 fully saturated rings. The van der Waals surface area contributed by atoms with E-state index in [2.05, 4.69) is 55.2 Å². The van der Waals surface area contributed by atoms with Gasteiger partial charge in [0.25, 0.3) is 0 Å². The predicted molar refractivity (Wildman–Crippen MR) is 81.1 cm³/mol. The van der Waals surface area contributed by atoms with Gasteiger partial charge in [0.05, 0.1) is 11.6 Å². The quantitative estimate of drug-likeness (QED) is 0.872. The van der Waals surface area contributed by atoms with Gasteiger partial charge in [-0.25, -0.2) is 0 Å². The lowest BCUT2D eigenvalue weighted by atomic mass is 10.2. The average molecular weight is 378 g/mol. The molecule has 1 atom stereocenters. The minimum absolute atomic E-state index is 0.581. The van der Waals surface area contributed by atoms with Gasteiger partial charge in [0, 0.05) is 29.2 Å². The Bertz CT molecular complexity index is 426. The van der Waals surface area contributed by atoms with E-state index in [-0.39, 0.29) is 0 Å². The fraction of sp³-hybridized carbons (Fsp3) is 0.538. The summed E-state index contributed by atoms with van der Waals surface area (Å²) in [7, 11) is 3.87. The van der Waals surface area contributed by atoms with Gasteiger partial charge in [-0.3, -0.25) is 0 Å². The standard InChI is InChI=1S/C13H18Br2N2O/c1-17-4-3-11(8-17)16-7-9-5-10(14)6-12(15)13(9)18-2/h5-6,11,16H,3-4,7-8H2,1-2H3. The number of ether oxygens (including phenoxy) is 1. The number of nitrogens with zero attached hydrogens (tertiary/aromatic N) is 1. The lowest BCUT2D eigenvalue weighted by molar-refractivity contribution is 0.390. The van der Waals surface area contributed by atoms with Gasteiger partial charge in [0.1, 0.15) is 5.75 Å².